The van der Waals surface area contributed by atoms with E-state index in [0.717, 1.165) is 24.2 Å². The Morgan fingerprint density at radius 2 is 2.00 bits per heavy atom. The predicted molar refractivity (Wildman–Crippen MR) is 107 cm³/mol. The molecule has 2 heterocycles. The summed E-state index contributed by atoms with van der Waals surface area (Å²) in [5, 5.41) is 2.98. The molecule has 1 amide bonds. The number of aromatic nitrogens is 1. The summed E-state index contributed by atoms with van der Waals surface area (Å²) >= 11 is 0. The van der Waals surface area contributed by atoms with E-state index >= 15 is 0 Å². The number of para-hydroxylation sites is 1. The van der Waals surface area contributed by atoms with Crippen molar-refractivity contribution in [1.29, 1.82) is 0 Å². The third-order valence-corrected chi connectivity index (χ3v) is 4.78. The summed E-state index contributed by atoms with van der Waals surface area (Å²) in [6, 6.07) is 17.5. The molecule has 0 radical (unpaired) electrons. The SMILES string of the molecule is COc1ccc(C)cc1NC(=O)c1cccnc1N1CCc2ccccc21. The van der Waals surface area contributed by atoms with Crippen LogP contribution in [0.2, 0.25) is 0 Å². The van der Waals surface area contributed by atoms with Crippen molar-refractivity contribution in [3.8, 4) is 5.75 Å². The number of amides is 1. The third kappa shape index (κ3) is 3.24. The van der Waals surface area contributed by atoms with Gasteiger partial charge in [-0.3, -0.25) is 4.79 Å². The number of nitrogens with zero attached hydrogens (tertiary/aromatic N) is 2. The van der Waals surface area contributed by atoms with E-state index in [1.54, 1.807) is 25.4 Å². The third-order valence-electron chi connectivity index (χ3n) is 4.78. The topological polar surface area (TPSA) is 54.5 Å². The van der Waals surface area contributed by atoms with Crippen molar-refractivity contribution in [2.45, 2.75) is 13.3 Å². The first-order valence-electron chi connectivity index (χ1n) is 8.94. The van der Waals surface area contributed by atoms with Crippen molar-refractivity contribution in [2.75, 3.05) is 23.9 Å². The number of methoxy groups -OCH3 is 1. The van der Waals surface area contributed by atoms with Crippen LogP contribution < -0.4 is 15.0 Å². The van der Waals surface area contributed by atoms with Crippen LogP contribution in [0.3, 0.4) is 0 Å². The van der Waals surface area contributed by atoms with Crippen LogP contribution in [0.25, 0.3) is 0 Å². The molecule has 1 aliphatic heterocycles. The summed E-state index contributed by atoms with van der Waals surface area (Å²) in [5.74, 6) is 1.10. The van der Waals surface area contributed by atoms with E-state index in [4.69, 9.17) is 4.74 Å². The first-order chi connectivity index (χ1) is 13.2. The van der Waals surface area contributed by atoms with Crippen molar-refractivity contribution in [1.82, 2.24) is 4.98 Å². The lowest BCUT2D eigenvalue weighted by atomic mass is 10.1. The Labute approximate surface area is 158 Å². The monoisotopic (exact) mass is 359 g/mol. The standard InChI is InChI=1S/C22H21N3O2/c1-15-9-10-20(27-2)18(14-15)24-22(26)17-7-5-12-23-21(17)25-13-11-16-6-3-4-8-19(16)25/h3-10,12,14H,11,13H2,1-2H3,(H,24,26). The van der Waals surface area contributed by atoms with Gasteiger partial charge in [-0.05, 0) is 54.8 Å². The van der Waals surface area contributed by atoms with E-state index in [1.165, 1.54) is 5.56 Å². The highest BCUT2D eigenvalue weighted by molar-refractivity contribution is 6.08. The molecule has 0 fully saturated rings. The first kappa shape index (κ1) is 17.1. The summed E-state index contributed by atoms with van der Waals surface area (Å²) in [4.78, 5) is 19.7. The fraction of sp³-hybridized carbons (Fsp3) is 0.182. The van der Waals surface area contributed by atoms with E-state index in [-0.39, 0.29) is 5.91 Å². The molecule has 27 heavy (non-hydrogen) atoms. The number of ether oxygens (including phenoxy) is 1. The maximum absolute atomic E-state index is 13.0. The maximum Gasteiger partial charge on any atom is 0.259 e. The van der Waals surface area contributed by atoms with Crippen LogP contribution in [-0.4, -0.2) is 24.5 Å². The zero-order chi connectivity index (χ0) is 18.8. The molecule has 2 aromatic carbocycles. The second-order valence-electron chi connectivity index (χ2n) is 6.56. The van der Waals surface area contributed by atoms with Gasteiger partial charge in [-0.25, -0.2) is 4.98 Å². The van der Waals surface area contributed by atoms with Crippen molar-refractivity contribution in [3.63, 3.8) is 0 Å². The summed E-state index contributed by atoms with van der Waals surface area (Å²) in [6.07, 6.45) is 2.67. The number of hydrogen-bond acceptors (Lipinski definition) is 4. The van der Waals surface area contributed by atoms with E-state index in [1.807, 2.05) is 37.3 Å². The summed E-state index contributed by atoms with van der Waals surface area (Å²) in [5.41, 5.74) is 4.62. The molecule has 0 aliphatic carbocycles. The minimum absolute atomic E-state index is 0.202. The molecule has 0 saturated heterocycles. The molecule has 136 valence electrons. The highest BCUT2D eigenvalue weighted by Gasteiger charge is 2.25. The molecule has 4 rings (SSSR count). The Morgan fingerprint density at radius 1 is 1.15 bits per heavy atom. The molecule has 0 atom stereocenters. The fourth-order valence-electron chi connectivity index (χ4n) is 3.46. The van der Waals surface area contributed by atoms with Crippen LogP contribution >= 0.6 is 0 Å². The zero-order valence-electron chi connectivity index (χ0n) is 15.4. The normalized spacial score (nSPS) is 12.6. The highest BCUT2D eigenvalue weighted by atomic mass is 16.5. The van der Waals surface area contributed by atoms with Gasteiger partial charge in [-0.15, -0.1) is 0 Å². The van der Waals surface area contributed by atoms with E-state index in [2.05, 4.69) is 27.3 Å². The maximum atomic E-state index is 13.0. The number of benzene rings is 2. The zero-order valence-corrected chi connectivity index (χ0v) is 15.4. The molecule has 3 aromatic rings. The van der Waals surface area contributed by atoms with Gasteiger partial charge in [0.1, 0.15) is 11.6 Å². The van der Waals surface area contributed by atoms with E-state index < -0.39 is 0 Å². The number of anilines is 3. The summed E-state index contributed by atoms with van der Waals surface area (Å²) in [7, 11) is 1.59. The number of carbonyl (C=O) groups is 1. The Morgan fingerprint density at radius 3 is 2.85 bits per heavy atom. The quantitative estimate of drug-likeness (QED) is 0.753. The Hall–Kier alpha value is -3.34. The smallest absolute Gasteiger partial charge is 0.259 e. The molecular formula is C22H21N3O2. The van der Waals surface area contributed by atoms with Crippen LogP contribution in [-0.2, 0) is 6.42 Å². The molecule has 0 bridgehead atoms. The van der Waals surface area contributed by atoms with Crippen molar-refractivity contribution in [3.05, 3.63) is 77.5 Å². The fourth-order valence-corrected chi connectivity index (χ4v) is 3.46. The van der Waals surface area contributed by atoms with Crippen molar-refractivity contribution in [2.24, 2.45) is 0 Å². The first-order valence-corrected chi connectivity index (χ1v) is 8.94. The average Bonchev–Trinajstić information content (AvgIpc) is 3.12. The minimum atomic E-state index is -0.202. The molecule has 0 saturated carbocycles. The van der Waals surface area contributed by atoms with Crippen LogP contribution in [0.1, 0.15) is 21.5 Å². The molecule has 1 aliphatic rings. The van der Waals surface area contributed by atoms with Gasteiger partial charge in [-0.1, -0.05) is 24.3 Å². The molecule has 5 heteroatoms. The number of rotatable bonds is 4. The van der Waals surface area contributed by atoms with Crippen molar-refractivity contribution < 1.29 is 9.53 Å². The second kappa shape index (κ2) is 7.11. The number of pyridine rings is 1. The van der Waals surface area contributed by atoms with Gasteiger partial charge in [0, 0.05) is 18.4 Å². The van der Waals surface area contributed by atoms with Gasteiger partial charge in [0.2, 0.25) is 0 Å². The van der Waals surface area contributed by atoms with Gasteiger partial charge in [0.15, 0.2) is 0 Å². The molecule has 0 spiro atoms. The molecule has 1 aromatic heterocycles. The van der Waals surface area contributed by atoms with Crippen LogP contribution in [0.4, 0.5) is 17.2 Å². The van der Waals surface area contributed by atoms with Crippen LogP contribution in [0, 0.1) is 6.92 Å². The number of fused-ring (bicyclic) bond motifs is 1. The lowest BCUT2D eigenvalue weighted by Crippen LogP contribution is -2.21. The van der Waals surface area contributed by atoms with Gasteiger partial charge in [0.25, 0.3) is 5.91 Å². The highest BCUT2D eigenvalue weighted by Crippen LogP contribution is 2.35. The Bertz CT molecular complexity index is 1000. The lowest BCUT2D eigenvalue weighted by Gasteiger charge is -2.21. The van der Waals surface area contributed by atoms with E-state index in [9.17, 15) is 4.79 Å². The van der Waals surface area contributed by atoms with Crippen LogP contribution in [0.15, 0.2) is 60.8 Å². The van der Waals surface area contributed by atoms with Gasteiger partial charge < -0.3 is 15.0 Å². The van der Waals surface area contributed by atoms with Crippen molar-refractivity contribution >= 4 is 23.1 Å². The molecular weight excluding hydrogens is 338 g/mol. The Kier molecular flexibility index (Phi) is 4.50. The van der Waals surface area contributed by atoms with Crippen LogP contribution in [0.5, 0.6) is 5.75 Å². The van der Waals surface area contributed by atoms with Gasteiger partial charge in [0.05, 0.1) is 18.4 Å². The summed E-state index contributed by atoms with van der Waals surface area (Å²) in [6.45, 7) is 2.79. The number of hydrogen-bond donors (Lipinski definition) is 1. The number of nitrogens with one attached hydrogen (secondary N) is 1. The summed E-state index contributed by atoms with van der Waals surface area (Å²) < 4.78 is 5.37. The molecule has 1 N–H and O–H groups in total. The average molecular weight is 359 g/mol. The number of aryl methyl sites for hydroxylation is 1. The predicted octanol–water partition coefficient (Wildman–Crippen LogP) is 4.35. The minimum Gasteiger partial charge on any atom is -0.495 e. The lowest BCUT2D eigenvalue weighted by molar-refractivity contribution is 0.102. The largest absolute Gasteiger partial charge is 0.495 e. The number of carbonyl (C=O) groups excluding carboxylic acids is 1. The van der Waals surface area contributed by atoms with Gasteiger partial charge >= 0.3 is 0 Å². The molecule has 0 unspecified atom stereocenters. The Balaban J connectivity index is 1.68. The second-order valence-corrected chi connectivity index (χ2v) is 6.56. The van der Waals surface area contributed by atoms with Gasteiger partial charge in [-0.2, -0.15) is 0 Å². The van der Waals surface area contributed by atoms with E-state index in [0.29, 0.717) is 22.8 Å². The molecule has 5 nitrogen and oxygen atoms in total.